The summed E-state index contributed by atoms with van der Waals surface area (Å²) in [6.07, 6.45) is -0.449. The summed E-state index contributed by atoms with van der Waals surface area (Å²) in [5, 5.41) is 0. The number of benzene rings is 6. The molecule has 6 aromatic carbocycles. The molecule has 0 bridgehead atoms. The summed E-state index contributed by atoms with van der Waals surface area (Å²) in [7, 11) is 0. The van der Waals surface area contributed by atoms with Crippen molar-refractivity contribution < 1.29 is 0 Å². The molecule has 6 aromatic rings. The van der Waals surface area contributed by atoms with E-state index in [2.05, 4.69) is 229 Å². The lowest BCUT2D eigenvalue weighted by Gasteiger charge is -2.45. The topological polar surface area (TPSA) is 13.0 Å². The lowest BCUT2D eigenvalue weighted by atomic mass is 9.86. The Labute approximate surface area is 374 Å². The van der Waals surface area contributed by atoms with Crippen LogP contribution in [0.2, 0.25) is 0 Å². The number of aryl methyl sites for hydroxylation is 8. The Hall–Kier alpha value is -5.48. The first-order valence-corrected chi connectivity index (χ1v) is 22.7. The first kappa shape index (κ1) is 43.2. The van der Waals surface area contributed by atoms with Gasteiger partial charge in [-0.3, -0.25) is 0 Å². The van der Waals surface area contributed by atoms with Gasteiger partial charge in [0.2, 0.25) is 0 Å². The SMILES string of the molecule is Cc1cc(N2c3ccc(C(C)(C)C)cc3N(c3cc(C)c(C)c(C)c3)C2C2N(c3cc(C)c(C)c(C)c3)c3ccc(C(C)(C)C)cc3N2c2cc(C)c(C)c(C)c2)cc(C)c1C. The molecule has 0 fully saturated rings. The van der Waals surface area contributed by atoms with E-state index in [4.69, 9.17) is 0 Å². The summed E-state index contributed by atoms with van der Waals surface area (Å²) in [6.45, 7) is 41.3. The summed E-state index contributed by atoms with van der Waals surface area (Å²) < 4.78 is 0. The fraction of sp³-hybridized carbons (Fsp3) is 0.379. The Balaban J connectivity index is 1.56. The van der Waals surface area contributed by atoms with Crippen molar-refractivity contribution >= 4 is 45.5 Å². The third kappa shape index (κ3) is 7.08. The molecule has 2 unspecified atom stereocenters. The summed E-state index contributed by atoms with van der Waals surface area (Å²) in [6, 6.07) is 34.0. The van der Waals surface area contributed by atoms with E-state index < -0.39 is 0 Å². The lowest BCUT2D eigenvalue weighted by Crippen LogP contribution is -2.58. The van der Waals surface area contributed by atoms with E-state index in [1.807, 2.05) is 0 Å². The molecule has 0 saturated heterocycles. The third-order valence-electron chi connectivity index (χ3n) is 14.8. The first-order valence-electron chi connectivity index (χ1n) is 22.7. The Morgan fingerprint density at radius 2 is 0.500 bits per heavy atom. The minimum absolute atomic E-state index is 0.0430. The van der Waals surface area contributed by atoms with Crippen LogP contribution in [-0.2, 0) is 10.8 Å². The zero-order valence-corrected chi connectivity index (χ0v) is 41.0. The molecule has 0 N–H and O–H groups in total. The Morgan fingerprint density at radius 3 is 0.710 bits per heavy atom. The number of hydrogen-bond donors (Lipinski definition) is 0. The van der Waals surface area contributed by atoms with Gasteiger partial charge in [-0.25, -0.2) is 0 Å². The standard InChI is InChI=1S/C58H70N4/c1-33-23-47(24-34(2)41(33)9)59-51-21-19-45(57(13,14)15)31-53(51)61(49-27-37(5)43(11)38(6)28-49)55(59)56-60(48-25-35(3)42(10)36(4)26-48)52-22-20-46(58(16,17)18)32-54(52)62(56)50-29-39(7)44(12)40(8)30-50/h19-32,55-56H,1-18H3. The van der Waals surface area contributed by atoms with E-state index in [0.29, 0.717) is 0 Å². The predicted octanol–water partition coefficient (Wildman–Crippen LogP) is 15.9. The minimum Gasteiger partial charge on any atom is -0.314 e. The summed E-state index contributed by atoms with van der Waals surface area (Å²) in [4.78, 5) is 10.8. The summed E-state index contributed by atoms with van der Waals surface area (Å²) in [5.41, 5.74) is 28.2. The minimum atomic E-state index is -0.224. The average Bonchev–Trinajstić information content (AvgIpc) is 3.71. The van der Waals surface area contributed by atoms with Crippen LogP contribution in [-0.4, -0.2) is 12.3 Å². The fourth-order valence-electron chi connectivity index (χ4n) is 9.88. The highest BCUT2D eigenvalue weighted by Gasteiger charge is 2.52. The van der Waals surface area contributed by atoms with Crippen LogP contribution in [0.4, 0.5) is 45.5 Å². The van der Waals surface area contributed by atoms with Crippen molar-refractivity contribution in [3.63, 3.8) is 0 Å². The van der Waals surface area contributed by atoms with Crippen molar-refractivity contribution in [2.24, 2.45) is 0 Å². The van der Waals surface area contributed by atoms with E-state index in [0.717, 1.165) is 0 Å². The van der Waals surface area contributed by atoms with Crippen molar-refractivity contribution in [1.29, 1.82) is 0 Å². The molecule has 2 heterocycles. The van der Waals surface area contributed by atoms with Gasteiger partial charge in [0.25, 0.3) is 0 Å². The third-order valence-corrected chi connectivity index (χ3v) is 14.8. The van der Waals surface area contributed by atoms with Crippen LogP contribution in [0.25, 0.3) is 0 Å². The van der Waals surface area contributed by atoms with Crippen LogP contribution in [0.15, 0.2) is 84.9 Å². The Morgan fingerprint density at radius 1 is 0.290 bits per heavy atom. The van der Waals surface area contributed by atoms with Gasteiger partial charge in [-0.1, -0.05) is 53.7 Å². The van der Waals surface area contributed by atoms with Crippen molar-refractivity contribution in [3.8, 4) is 0 Å². The summed E-state index contributed by atoms with van der Waals surface area (Å²) in [5.74, 6) is 0. The van der Waals surface area contributed by atoms with Gasteiger partial charge < -0.3 is 19.6 Å². The van der Waals surface area contributed by atoms with E-state index in [-0.39, 0.29) is 23.2 Å². The molecule has 0 saturated carbocycles. The Kier molecular flexibility index (Phi) is 10.5. The molecule has 4 nitrogen and oxygen atoms in total. The molecule has 2 atom stereocenters. The zero-order valence-electron chi connectivity index (χ0n) is 41.0. The van der Waals surface area contributed by atoms with Gasteiger partial charge in [0.1, 0.15) is 0 Å². The maximum atomic E-state index is 2.71. The van der Waals surface area contributed by atoms with E-state index in [1.165, 1.54) is 123 Å². The molecular weight excluding hydrogens is 753 g/mol. The first-order chi connectivity index (χ1) is 29.0. The maximum Gasteiger partial charge on any atom is 0.151 e. The van der Waals surface area contributed by atoms with Crippen LogP contribution >= 0.6 is 0 Å². The van der Waals surface area contributed by atoms with E-state index >= 15 is 0 Å². The highest BCUT2D eigenvalue weighted by molar-refractivity contribution is 5.95. The van der Waals surface area contributed by atoms with E-state index in [9.17, 15) is 0 Å². The van der Waals surface area contributed by atoms with Crippen molar-refractivity contribution in [1.82, 2.24) is 0 Å². The van der Waals surface area contributed by atoms with Gasteiger partial charge in [0, 0.05) is 22.7 Å². The molecular formula is C58H70N4. The maximum absolute atomic E-state index is 2.71. The molecule has 62 heavy (non-hydrogen) atoms. The van der Waals surface area contributed by atoms with Crippen LogP contribution in [0, 0.1) is 83.1 Å². The molecule has 0 aromatic heterocycles. The number of anilines is 8. The molecule has 2 aliphatic rings. The molecule has 0 aliphatic carbocycles. The summed E-state index contributed by atoms with van der Waals surface area (Å²) >= 11 is 0. The van der Waals surface area contributed by atoms with Gasteiger partial charge in [-0.2, -0.15) is 0 Å². The van der Waals surface area contributed by atoms with Gasteiger partial charge in [-0.15, -0.1) is 0 Å². The largest absolute Gasteiger partial charge is 0.314 e. The normalized spacial score (nSPS) is 16.4. The second kappa shape index (κ2) is 15.1. The van der Waals surface area contributed by atoms with Gasteiger partial charge >= 0.3 is 0 Å². The highest BCUT2D eigenvalue weighted by atomic mass is 15.5. The van der Waals surface area contributed by atoms with Crippen molar-refractivity contribution in [2.45, 2.75) is 148 Å². The molecule has 0 amide bonds. The fourth-order valence-corrected chi connectivity index (χ4v) is 9.88. The van der Waals surface area contributed by atoms with Gasteiger partial charge in [0.05, 0.1) is 22.7 Å². The zero-order chi connectivity index (χ0) is 45.1. The van der Waals surface area contributed by atoms with Gasteiger partial charge in [-0.05, 0) is 245 Å². The van der Waals surface area contributed by atoms with E-state index in [1.54, 1.807) is 0 Å². The number of hydrogen-bond acceptors (Lipinski definition) is 4. The molecule has 322 valence electrons. The van der Waals surface area contributed by atoms with Crippen molar-refractivity contribution in [3.05, 3.63) is 163 Å². The van der Waals surface area contributed by atoms with Gasteiger partial charge in [0.15, 0.2) is 12.3 Å². The highest BCUT2D eigenvalue weighted by Crippen LogP contribution is 2.57. The Bertz CT molecular complexity index is 2490. The monoisotopic (exact) mass is 823 g/mol. The molecule has 8 rings (SSSR count). The van der Waals surface area contributed by atoms with Crippen LogP contribution in [0.1, 0.15) is 119 Å². The van der Waals surface area contributed by atoms with Crippen LogP contribution in [0.5, 0.6) is 0 Å². The molecule has 4 heteroatoms. The van der Waals surface area contributed by atoms with Crippen LogP contribution < -0.4 is 19.6 Å². The van der Waals surface area contributed by atoms with Crippen molar-refractivity contribution in [2.75, 3.05) is 19.6 Å². The molecule has 0 radical (unpaired) electrons. The predicted molar refractivity (Wildman–Crippen MR) is 269 cm³/mol. The number of rotatable bonds is 5. The van der Waals surface area contributed by atoms with Crippen LogP contribution in [0.3, 0.4) is 0 Å². The number of fused-ring (bicyclic) bond motifs is 2. The molecule has 0 spiro atoms. The average molecular weight is 823 g/mol. The second-order valence-electron chi connectivity index (χ2n) is 21.0. The lowest BCUT2D eigenvalue weighted by molar-refractivity contribution is 0.548. The molecule has 2 aliphatic heterocycles. The smallest absolute Gasteiger partial charge is 0.151 e. The number of nitrogens with zero attached hydrogens (tertiary/aromatic N) is 4. The quantitative estimate of drug-likeness (QED) is 0.172. The second-order valence-corrected chi connectivity index (χ2v) is 21.0.